The summed E-state index contributed by atoms with van der Waals surface area (Å²) in [5.41, 5.74) is -0.973. The molecule has 0 aliphatic carbocycles. The molecule has 0 N–H and O–H groups in total. The summed E-state index contributed by atoms with van der Waals surface area (Å²) in [5, 5.41) is 4.71. The summed E-state index contributed by atoms with van der Waals surface area (Å²) < 4.78 is 43.1. The van der Waals surface area contributed by atoms with Crippen molar-refractivity contribution in [1.29, 1.82) is 0 Å². The molecule has 0 bridgehead atoms. The maximum Gasteiger partial charge on any atom is 0.573 e. The van der Waals surface area contributed by atoms with Gasteiger partial charge in [0, 0.05) is 26.9 Å². The number of benzene rings is 2. The Balaban J connectivity index is 1.94. The fraction of sp³-hybridized carbons (Fsp3) is 0.348. The molecule has 5 nitrogen and oxygen atoms in total. The van der Waals surface area contributed by atoms with Crippen molar-refractivity contribution >= 4 is 40.6 Å². The first-order valence-corrected chi connectivity index (χ1v) is 11.2. The molecule has 0 saturated carbocycles. The van der Waals surface area contributed by atoms with Crippen LogP contribution < -0.4 is 4.74 Å². The van der Waals surface area contributed by atoms with Crippen molar-refractivity contribution in [3.8, 4) is 5.75 Å². The largest absolute Gasteiger partial charge is 0.573 e. The van der Waals surface area contributed by atoms with Gasteiger partial charge in [-0.3, -0.25) is 4.79 Å². The monoisotopic (exact) mass is 533 g/mol. The van der Waals surface area contributed by atoms with Crippen molar-refractivity contribution in [1.82, 2.24) is 14.8 Å². The van der Waals surface area contributed by atoms with Gasteiger partial charge < -0.3 is 4.74 Å². The number of Topliss-reactive ketones (excluding diaryl/α,β-unsaturated/α-hetero) is 1. The Morgan fingerprint density at radius 3 is 2.09 bits per heavy atom. The van der Waals surface area contributed by atoms with E-state index in [-0.39, 0.29) is 22.2 Å². The quantitative estimate of drug-likeness (QED) is 0.314. The molecule has 0 saturated heterocycles. The third-order valence-electron chi connectivity index (χ3n) is 5.46. The van der Waals surface area contributed by atoms with Gasteiger partial charge in [-0.2, -0.15) is 5.10 Å². The molecule has 0 amide bonds. The van der Waals surface area contributed by atoms with Crippen LogP contribution in [0, 0.1) is 5.41 Å². The van der Waals surface area contributed by atoms with Gasteiger partial charge in [0.1, 0.15) is 23.9 Å². The zero-order chi connectivity index (χ0) is 25.3. The molecule has 1 heterocycles. The van der Waals surface area contributed by atoms with Gasteiger partial charge in [-0.25, -0.2) is 9.67 Å². The van der Waals surface area contributed by atoms with Crippen LogP contribution in [0.4, 0.5) is 13.2 Å². The van der Waals surface area contributed by atoms with Crippen molar-refractivity contribution in [3.63, 3.8) is 0 Å². The van der Waals surface area contributed by atoms with Crippen LogP contribution >= 0.6 is 34.8 Å². The summed E-state index contributed by atoms with van der Waals surface area (Å²) in [6.45, 7) is 5.20. The van der Waals surface area contributed by atoms with E-state index in [0.717, 1.165) is 17.7 Å². The number of carbonyl (C=O) groups is 1. The smallest absolute Gasteiger partial charge is 0.406 e. The molecule has 0 radical (unpaired) electrons. The first kappa shape index (κ1) is 26.3. The maximum absolute atomic E-state index is 14.0. The Bertz CT molecular complexity index is 1140. The molecule has 3 rings (SSSR count). The number of hydrogen-bond donors (Lipinski definition) is 0. The van der Waals surface area contributed by atoms with E-state index in [9.17, 15) is 18.0 Å². The van der Waals surface area contributed by atoms with E-state index in [1.54, 1.807) is 32.9 Å². The molecular formula is C23H21Cl3F3N3O2. The van der Waals surface area contributed by atoms with Gasteiger partial charge >= 0.3 is 6.36 Å². The van der Waals surface area contributed by atoms with Gasteiger partial charge in [0.2, 0.25) is 0 Å². The Labute approximate surface area is 209 Å². The summed E-state index contributed by atoms with van der Waals surface area (Å²) in [7, 11) is 0. The predicted octanol–water partition coefficient (Wildman–Crippen LogP) is 6.93. The van der Waals surface area contributed by atoms with E-state index < -0.39 is 23.1 Å². The lowest BCUT2D eigenvalue weighted by Gasteiger charge is -2.36. The summed E-state index contributed by atoms with van der Waals surface area (Å²) in [5.74, 6) is -0.728. The van der Waals surface area contributed by atoms with Crippen molar-refractivity contribution in [3.05, 3.63) is 75.2 Å². The third-order valence-corrected chi connectivity index (χ3v) is 6.38. The molecule has 0 aliphatic rings. The average molecular weight is 535 g/mol. The van der Waals surface area contributed by atoms with Crippen LogP contribution in [-0.2, 0) is 23.2 Å². The normalized spacial score (nSPS) is 14.0. The van der Waals surface area contributed by atoms with E-state index in [2.05, 4.69) is 14.8 Å². The lowest BCUT2D eigenvalue weighted by molar-refractivity contribution is -0.274. The number of ether oxygens (including phenoxy) is 1. The summed E-state index contributed by atoms with van der Waals surface area (Å²) in [4.78, 5) is 18.0. The topological polar surface area (TPSA) is 57.0 Å². The van der Waals surface area contributed by atoms with Crippen LogP contribution in [0.3, 0.4) is 0 Å². The van der Waals surface area contributed by atoms with Crippen LogP contribution in [0.2, 0.25) is 15.1 Å². The van der Waals surface area contributed by atoms with Gasteiger partial charge in [0.15, 0.2) is 5.78 Å². The SMILES string of the molecule is CC(C)(Cc1c(Cl)cc(OC(F)(F)F)cc1Cl)C(=O)C(C)(Cc1ccc(Cl)cc1)n1cncn1. The number of halogens is 6. The van der Waals surface area contributed by atoms with Gasteiger partial charge in [0.05, 0.1) is 0 Å². The summed E-state index contributed by atoms with van der Waals surface area (Å²) >= 11 is 18.5. The van der Waals surface area contributed by atoms with E-state index in [1.807, 2.05) is 12.1 Å². The number of rotatable bonds is 8. The first-order valence-electron chi connectivity index (χ1n) is 10.1. The minimum Gasteiger partial charge on any atom is -0.406 e. The van der Waals surface area contributed by atoms with Crippen LogP contribution in [0.25, 0.3) is 0 Å². The minimum absolute atomic E-state index is 0.0345. The zero-order valence-corrected chi connectivity index (χ0v) is 20.7. The molecule has 182 valence electrons. The number of carbonyl (C=O) groups excluding carboxylic acids is 1. The third kappa shape index (κ3) is 6.03. The van der Waals surface area contributed by atoms with Crippen LogP contribution in [0.5, 0.6) is 5.75 Å². The highest BCUT2D eigenvalue weighted by Crippen LogP contribution is 2.40. The molecule has 11 heteroatoms. The van der Waals surface area contributed by atoms with Gasteiger partial charge in [-0.15, -0.1) is 13.2 Å². The Hall–Kier alpha value is -2.29. The van der Waals surface area contributed by atoms with E-state index in [1.165, 1.54) is 17.3 Å². The fourth-order valence-corrected chi connectivity index (χ4v) is 4.65. The predicted molar refractivity (Wildman–Crippen MR) is 124 cm³/mol. The van der Waals surface area contributed by atoms with E-state index >= 15 is 0 Å². The highest BCUT2D eigenvalue weighted by molar-refractivity contribution is 6.36. The second kappa shape index (κ2) is 9.76. The van der Waals surface area contributed by atoms with Crippen LogP contribution in [0.15, 0.2) is 49.1 Å². The molecule has 1 unspecified atom stereocenters. The highest BCUT2D eigenvalue weighted by atomic mass is 35.5. The molecule has 2 aromatic carbocycles. The standard InChI is InChI=1S/C23H21Cl3F3N3O2/c1-21(2,11-17-18(25)8-16(9-19(17)26)34-23(27,28)29)20(33)22(3,32-13-30-12-31-32)10-14-4-6-15(24)7-5-14/h4-9,12-13H,10-11H2,1-3H3. The molecule has 3 aromatic rings. The van der Waals surface area contributed by atoms with Crippen molar-refractivity contribution in [2.75, 3.05) is 0 Å². The average Bonchev–Trinajstić information content (AvgIpc) is 3.26. The molecule has 34 heavy (non-hydrogen) atoms. The van der Waals surface area contributed by atoms with E-state index in [4.69, 9.17) is 34.8 Å². The molecule has 0 fully saturated rings. The summed E-state index contributed by atoms with van der Waals surface area (Å²) in [6, 6.07) is 9.18. The number of alkyl halides is 3. The van der Waals surface area contributed by atoms with Crippen molar-refractivity contribution in [2.45, 2.75) is 45.5 Å². The van der Waals surface area contributed by atoms with Gasteiger partial charge in [-0.1, -0.05) is 60.8 Å². The Morgan fingerprint density at radius 1 is 1.00 bits per heavy atom. The van der Waals surface area contributed by atoms with Crippen LogP contribution in [-0.4, -0.2) is 26.9 Å². The molecule has 0 aliphatic heterocycles. The van der Waals surface area contributed by atoms with Crippen molar-refractivity contribution in [2.24, 2.45) is 5.41 Å². The zero-order valence-electron chi connectivity index (χ0n) is 18.5. The van der Waals surface area contributed by atoms with E-state index in [0.29, 0.717) is 17.0 Å². The second-order valence-electron chi connectivity index (χ2n) is 8.72. The Morgan fingerprint density at radius 2 is 1.59 bits per heavy atom. The fourth-order valence-electron chi connectivity index (χ4n) is 3.92. The second-order valence-corrected chi connectivity index (χ2v) is 9.97. The number of nitrogens with zero attached hydrogens (tertiary/aromatic N) is 3. The van der Waals surface area contributed by atoms with Gasteiger partial charge in [0.25, 0.3) is 0 Å². The number of ketones is 1. The lowest BCUT2D eigenvalue weighted by Crippen LogP contribution is -2.49. The lowest BCUT2D eigenvalue weighted by atomic mass is 9.72. The van der Waals surface area contributed by atoms with Crippen molar-refractivity contribution < 1.29 is 22.7 Å². The molecular weight excluding hydrogens is 514 g/mol. The van der Waals surface area contributed by atoms with Gasteiger partial charge in [-0.05, 0) is 48.7 Å². The van der Waals surface area contributed by atoms with Crippen LogP contribution in [0.1, 0.15) is 31.9 Å². The molecule has 1 atom stereocenters. The number of hydrogen-bond acceptors (Lipinski definition) is 4. The number of aromatic nitrogens is 3. The maximum atomic E-state index is 14.0. The summed E-state index contributed by atoms with van der Waals surface area (Å²) in [6.07, 6.45) is -1.71. The Kier molecular flexibility index (Phi) is 7.55. The highest BCUT2D eigenvalue weighted by Gasteiger charge is 2.45. The molecule has 0 spiro atoms. The molecule has 1 aromatic heterocycles. The first-order chi connectivity index (χ1) is 15.7. The minimum atomic E-state index is -4.88.